The van der Waals surface area contributed by atoms with Crippen molar-refractivity contribution < 1.29 is 14.4 Å². The third-order valence-electron chi connectivity index (χ3n) is 6.00. The van der Waals surface area contributed by atoms with E-state index < -0.39 is 11.6 Å². The molecule has 1 aliphatic carbocycles. The smallest absolute Gasteiger partial charge is 0.322 e. The van der Waals surface area contributed by atoms with Crippen molar-refractivity contribution in [3.05, 3.63) is 59.7 Å². The summed E-state index contributed by atoms with van der Waals surface area (Å²) in [5, 5.41) is 7.93. The van der Waals surface area contributed by atoms with Gasteiger partial charge in [-0.3, -0.25) is 14.9 Å². The van der Waals surface area contributed by atoms with Gasteiger partial charge in [-0.2, -0.15) is 0 Å². The van der Waals surface area contributed by atoms with E-state index in [1.807, 2.05) is 30.3 Å². The maximum Gasteiger partial charge on any atom is 0.322 e. The fraction of sp³-hybridized carbons (Fsp3) is 0.375. The molecule has 1 saturated carbocycles. The molecule has 4 amide bonds. The van der Waals surface area contributed by atoms with Crippen LogP contribution in [0.2, 0.25) is 0 Å². The monoisotopic (exact) mass is 405 g/mol. The Balaban J connectivity index is 1.56. The van der Waals surface area contributed by atoms with Crippen LogP contribution < -0.4 is 16.0 Å². The van der Waals surface area contributed by atoms with Crippen molar-refractivity contribution in [2.75, 3.05) is 6.54 Å². The van der Waals surface area contributed by atoms with Gasteiger partial charge in [0.05, 0.1) is 6.54 Å². The first-order valence-electron chi connectivity index (χ1n) is 10.3. The van der Waals surface area contributed by atoms with Gasteiger partial charge in [-0.05, 0) is 46.9 Å². The van der Waals surface area contributed by atoms with E-state index >= 15 is 0 Å². The van der Waals surface area contributed by atoms with E-state index in [9.17, 15) is 14.4 Å². The zero-order valence-corrected chi connectivity index (χ0v) is 17.5. The quantitative estimate of drug-likeness (QED) is 0.667. The van der Waals surface area contributed by atoms with Crippen LogP contribution in [-0.4, -0.2) is 29.9 Å². The molecule has 6 heteroatoms. The Labute approximate surface area is 176 Å². The lowest BCUT2D eigenvalue weighted by molar-refractivity contribution is -0.124. The van der Waals surface area contributed by atoms with E-state index in [-0.39, 0.29) is 29.7 Å². The molecule has 0 aromatic heterocycles. The third kappa shape index (κ3) is 3.70. The van der Waals surface area contributed by atoms with Crippen LogP contribution in [0, 0.1) is 5.92 Å². The SMILES string of the molecule is CC(C)(C)c1ccc(-c2ccccc2C(=O)NC[C@@]2(C3CC3)NC(=O)NC2=O)cc1. The first-order valence-corrected chi connectivity index (χ1v) is 10.3. The van der Waals surface area contributed by atoms with Crippen molar-refractivity contribution in [2.24, 2.45) is 5.92 Å². The average Bonchev–Trinajstić information content (AvgIpc) is 3.52. The zero-order chi connectivity index (χ0) is 21.5. The van der Waals surface area contributed by atoms with Crippen LogP contribution in [0.1, 0.15) is 49.5 Å². The van der Waals surface area contributed by atoms with Gasteiger partial charge in [0.15, 0.2) is 0 Å². The summed E-state index contributed by atoms with van der Waals surface area (Å²) in [6.45, 7) is 6.57. The normalized spacial score (nSPS) is 21.2. The van der Waals surface area contributed by atoms with Gasteiger partial charge in [0.2, 0.25) is 0 Å². The molecular formula is C24H27N3O3. The lowest BCUT2D eigenvalue weighted by atomic mass is 9.86. The number of carbonyl (C=O) groups excluding carboxylic acids is 3. The minimum absolute atomic E-state index is 0.0544. The molecule has 2 aliphatic rings. The molecule has 1 heterocycles. The van der Waals surface area contributed by atoms with Crippen LogP contribution in [0.4, 0.5) is 4.79 Å². The Morgan fingerprint density at radius 1 is 1.07 bits per heavy atom. The number of imide groups is 1. The highest BCUT2D eigenvalue weighted by Crippen LogP contribution is 2.41. The van der Waals surface area contributed by atoms with Gasteiger partial charge in [0.25, 0.3) is 11.8 Å². The Morgan fingerprint density at radius 2 is 1.73 bits per heavy atom. The van der Waals surface area contributed by atoms with E-state index in [0.29, 0.717) is 5.56 Å². The summed E-state index contributed by atoms with van der Waals surface area (Å²) >= 11 is 0. The summed E-state index contributed by atoms with van der Waals surface area (Å²) in [5.74, 6) is -0.565. The number of nitrogens with one attached hydrogen (secondary N) is 3. The first-order chi connectivity index (χ1) is 14.2. The van der Waals surface area contributed by atoms with Crippen molar-refractivity contribution in [1.29, 1.82) is 0 Å². The maximum atomic E-state index is 13.0. The molecule has 2 fully saturated rings. The van der Waals surface area contributed by atoms with Crippen LogP contribution in [0.5, 0.6) is 0 Å². The van der Waals surface area contributed by atoms with E-state index in [1.165, 1.54) is 5.56 Å². The summed E-state index contributed by atoms with van der Waals surface area (Å²) in [6, 6.07) is 15.2. The number of rotatable bonds is 5. The van der Waals surface area contributed by atoms with E-state index in [1.54, 1.807) is 6.07 Å². The molecule has 3 N–H and O–H groups in total. The molecule has 1 atom stereocenters. The highest BCUT2D eigenvalue weighted by molar-refractivity contribution is 6.08. The molecule has 1 aliphatic heterocycles. The molecule has 0 spiro atoms. The molecule has 0 radical (unpaired) electrons. The molecule has 0 unspecified atom stereocenters. The number of benzene rings is 2. The van der Waals surface area contributed by atoms with Crippen LogP contribution in [0.25, 0.3) is 11.1 Å². The van der Waals surface area contributed by atoms with Gasteiger partial charge in [-0.15, -0.1) is 0 Å². The Bertz CT molecular complexity index is 1000. The van der Waals surface area contributed by atoms with Gasteiger partial charge in [0.1, 0.15) is 5.54 Å². The molecule has 2 aromatic carbocycles. The molecular weight excluding hydrogens is 378 g/mol. The first kappa shape index (κ1) is 20.1. The lowest BCUT2D eigenvalue weighted by Crippen LogP contribution is -2.57. The van der Waals surface area contributed by atoms with Gasteiger partial charge < -0.3 is 10.6 Å². The second-order valence-corrected chi connectivity index (χ2v) is 9.21. The van der Waals surface area contributed by atoms with E-state index in [2.05, 4.69) is 48.9 Å². The van der Waals surface area contributed by atoms with Crippen LogP contribution in [0.15, 0.2) is 48.5 Å². The molecule has 0 bridgehead atoms. The van der Waals surface area contributed by atoms with Gasteiger partial charge in [-0.1, -0.05) is 63.2 Å². The number of hydrogen-bond donors (Lipinski definition) is 3. The highest BCUT2D eigenvalue weighted by Gasteiger charge is 2.56. The summed E-state index contributed by atoms with van der Waals surface area (Å²) < 4.78 is 0. The minimum atomic E-state index is -1.05. The molecule has 2 aromatic rings. The van der Waals surface area contributed by atoms with Gasteiger partial charge in [0, 0.05) is 5.56 Å². The van der Waals surface area contributed by atoms with Crippen LogP contribution in [-0.2, 0) is 10.2 Å². The standard InChI is InChI=1S/C24H27N3O3/c1-23(2,3)16-10-8-15(9-11-16)18-6-4-5-7-19(18)20(28)25-14-24(17-12-13-17)21(29)26-22(30)27-24/h4-11,17H,12-14H2,1-3H3,(H,25,28)(H2,26,27,29,30)/t24-/m0/s1. The highest BCUT2D eigenvalue weighted by atomic mass is 16.2. The predicted molar refractivity (Wildman–Crippen MR) is 115 cm³/mol. The fourth-order valence-corrected chi connectivity index (χ4v) is 4.04. The van der Waals surface area contributed by atoms with Crippen LogP contribution >= 0.6 is 0 Å². The molecule has 4 rings (SSSR count). The van der Waals surface area contributed by atoms with E-state index in [0.717, 1.165) is 24.0 Å². The number of carbonyl (C=O) groups is 3. The van der Waals surface area contributed by atoms with E-state index in [4.69, 9.17) is 0 Å². The largest absolute Gasteiger partial charge is 0.349 e. The van der Waals surface area contributed by atoms with Crippen molar-refractivity contribution >= 4 is 17.8 Å². The fourth-order valence-electron chi connectivity index (χ4n) is 4.04. The van der Waals surface area contributed by atoms with Crippen molar-refractivity contribution in [2.45, 2.75) is 44.6 Å². The Kier molecular flexibility index (Phi) is 4.88. The molecule has 6 nitrogen and oxygen atoms in total. The Morgan fingerprint density at radius 3 is 2.30 bits per heavy atom. The van der Waals surface area contributed by atoms with Crippen molar-refractivity contribution in [3.63, 3.8) is 0 Å². The molecule has 1 saturated heterocycles. The van der Waals surface area contributed by atoms with Gasteiger partial charge in [-0.25, -0.2) is 4.79 Å². The predicted octanol–water partition coefficient (Wildman–Crippen LogP) is 3.37. The van der Waals surface area contributed by atoms with Gasteiger partial charge >= 0.3 is 6.03 Å². The topological polar surface area (TPSA) is 87.3 Å². The summed E-state index contributed by atoms with van der Waals surface area (Å²) in [4.78, 5) is 37.1. The molecule has 156 valence electrons. The summed E-state index contributed by atoms with van der Waals surface area (Å²) in [6.07, 6.45) is 1.72. The number of amides is 4. The lowest BCUT2D eigenvalue weighted by Gasteiger charge is -2.26. The summed E-state index contributed by atoms with van der Waals surface area (Å²) in [5.41, 5.74) is 2.56. The second-order valence-electron chi connectivity index (χ2n) is 9.21. The maximum absolute atomic E-state index is 13.0. The molecule has 30 heavy (non-hydrogen) atoms. The Hall–Kier alpha value is -3.15. The van der Waals surface area contributed by atoms with Crippen molar-refractivity contribution in [1.82, 2.24) is 16.0 Å². The number of hydrogen-bond acceptors (Lipinski definition) is 3. The number of urea groups is 1. The zero-order valence-electron chi connectivity index (χ0n) is 17.5. The van der Waals surface area contributed by atoms with Crippen molar-refractivity contribution in [3.8, 4) is 11.1 Å². The second kappa shape index (κ2) is 7.27. The average molecular weight is 405 g/mol. The summed E-state index contributed by atoms with van der Waals surface area (Å²) in [7, 11) is 0. The van der Waals surface area contributed by atoms with Crippen LogP contribution in [0.3, 0.4) is 0 Å². The minimum Gasteiger partial charge on any atom is -0.349 e. The third-order valence-corrected chi connectivity index (χ3v) is 6.00.